The lowest BCUT2D eigenvalue weighted by Gasteiger charge is -2.24. The van der Waals surface area contributed by atoms with Crippen LogP contribution in [0.5, 0.6) is 0 Å². The van der Waals surface area contributed by atoms with Crippen molar-refractivity contribution >= 4 is 0 Å². The minimum absolute atomic E-state index is 0.00728. The van der Waals surface area contributed by atoms with E-state index in [4.69, 9.17) is 0 Å². The van der Waals surface area contributed by atoms with Gasteiger partial charge >= 0.3 is 0 Å². The highest BCUT2D eigenvalue weighted by molar-refractivity contribution is 5.21. The average molecular weight is 222 g/mol. The summed E-state index contributed by atoms with van der Waals surface area (Å²) < 4.78 is 1.87. The van der Waals surface area contributed by atoms with Crippen molar-refractivity contribution in [1.82, 2.24) is 9.88 Å². The molecule has 0 spiro atoms. The van der Waals surface area contributed by atoms with Crippen LogP contribution in [0.4, 0.5) is 0 Å². The van der Waals surface area contributed by atoms with E-state index < -0.39 is 0 Å². The van der Waals surface area contributed by atoms with Gasteiger partial charge in [0.25, 0.3) is 5.56 Å². The number of hydrogen-bond acceptors (Lipinski definition) is 2. The van der Waals surface area contributed by atoms with E-state index >= 15 is 0 Å². The van der Waals surface area contributed by atoms with Crippen molar-refractivity contribution in [3.63, 3.8) is 0 Å². The fourth-order valence-electron chi connectivity index (χ4n) is 1.92. The van der Waals surface area contributed by atoms with Crippen molar-refractivity contribution in [3.8, 4) is 0 Å². The van der Waals surface area contributed by atoms with Gasteiger partial charge in [0.15, 0.2) is 0 Å². The second kappa shape index (κ2) is 4.83. The summed E-state index contributed by atoms with van der Waals surface area (Å²) in [6, 6.07) is 4.00. The molecule has 1 aromatic heterocycles. The first-order chi connectivity index (χ1) is 7.41. The Bertz CT molecular complexity index is 413. The Balaban J connectivity index is 3.36. The zero-order valence-corrected chi connectivity index (χ0v) is 10.9. The van der Waals surface area contributed by atoms with Gasteiger partial charge in [-0.1, -0.05) is 26.8 Å². The van der Waals surface area contributed by atoms with Gasteiger partial charge in [-0.2, -0.15) is 0 Å². The van der Waals surface area contributed by atoms with Crippen molar-refractivity contribution in [3.05, 3.63) is 33.7 Å². The molecule has 0 aliphatic rings. The minimum atomic E-state index is 0.00728. The summed E-state index contributed by atoms with van der Waals surface area (Å²) >= 11 is 0. The fraction of sp³-hybridized carbons (Fsp3) is 0.615. The van der Waals surface area contributed by atoms with Crippen LogP contribution in [0.1, 0.15) is 39.0 Å². The van der Waals surface area contributed by atoms with Gasteiger partial charge in [0, 0.05) is 29.8 Å². The van der Waals surface area contributed by atoms with E-state index in [0.29, 0.717) is 6.54 Å². The molecule has 0 atom stereocenters. The molecule has 0 saturated carbocycles. The molecule has 0 aliphatic carbocycles. The Labute approximate surface area is 97.5 Å². The van der Waals surface area contributed by atoms with E-state index in [1.807, 2.05) is 24.6 Å². The summed E-state index contributed by atoms with van der Waals surface area (Å²) in [6.45, 7) is 9.76. The monoisotopic (exact) mass is 222 g/mol. The smallest absolute Gasteiger partial charge is 0.255 e. The molecule has 0 aliphatic heterocycles. The van der Waals surface area contributed by atoms with Crippen LogP contribution < -0.4 is 10.9 Å². The summed E-state index contributed by atoms with van der Waals surface area (Å²) in [5.74, 6) is 0. The highest BCUT2D eigenvalue weighted by atomic mass is 16.1. The SMILES string of the molecule is CCn1c(C(C)(C)C)ccc(CNC)c1=O. The number of nitrogens with one attached hydrogen (secondary N) is 1. The Hall–Kier alpha value is -1.09. The molecule has 0 saturated heterocycles. The Kier molecular flexibility index (Phi) is 3.92. The standard InChI is InChI=1S/C13H22N2O/c1-6-15-11(13(2,3)4)8-7-10(9-14-5)12(15)16/h7-8,14H,6,9H2,1-5H3. The molecule has 1 heterocycles. The van der Waals surface area contributed by atoms with Gasteiger partial charge in [0.1, 0.15) is 0 Å². The fourth-order valence-corrected chi connectivity index (χ4v) is 1.92. The topological polar surface area (TPSA) is 34.0 Å². The van der Waals surface area contributed by atoms with E-state index in [-0.39, 0.29) is 11.0 Å². The molecule has 0 radical (unpaired) electrons. The second-order valence-corrected chi connectivity index (χ2v) is 5.07. The molecule has 16 heavy (non-hydrogen) atoms. The molecule has 1 rings (SSSR count). The number of pyridine rings is 1. The molecule has 1 N–H and O–H groups in total. The average Bonchev–Trinajstić information content (AvgIpc) is 2.19. The molecule has 3 heteroatoms. The molecule has 0 bridgehead atoms. The maximum absolute atomic E-state index is 12.2. The van der Waals surface area contributed by atoms with E-state index in [2.05, 4.69) is 32.2 Å². The molecule has 0 amide bonds. The molecule has 0 unspecified atom stereocenters. The molecular weight excluding hydrogens is 200 g/mol. The van der Waals surface area contributed by atoms with Gasteiger partial charge in [-0.3, -0.25) is 4.79 Å². The highest BCUT2D eigenvalue weighted by Gasteiger charge is 2.19. The van der Waals surface area contributed by atoms with Gasteiger partial charge < -0.3 is 9.88 Å². The number of rotatable bonds is 3. The summed E-state index contributed by atoms with van der Waals surface area (Å²) in [5, 5.41) is 3.02. The molecule has 90 valence electrons. The quantitative estimate of drug-likeness (QED) is 0.847. The van der Waals surface area contributed by atoms with Crippen molar-refractivity contribution in [2.24, 2.45) is 0 Å². The lowest BCUT2D eigenvalue weighted by molar-refractivity contribution is 0.508. The first kappa shape index (κ1) is 13.0. The van der Waals surface area contributed by atoms with Crippen LogP contribution in [0.3, 0.4) is 0 Å². The lowest BCUT2D eigenvalue weighted by atomic mass is 9.90. The summed E-state index contributed by atoms with van der Waals surface area (Å²) in [7, 11) is 1.85. The Morgan fingerprint density at radius 3 is 2.38 bits per heavy atom. The third kappa shape index (κ3) is 2.53. The zero-order chi connectivity index (χ0) is 12.3. The molecular formula is C13H22N2O. The molecule has 3 nitrogen and oxygen atoms in total. The van der Waals surface area contributed by atoms with Gasteiger partial charge in [-0.15, -0.1) is 0 Å². The predicted molar refractivity (Wildman–Crippen MR) is 67.8 cm³/mol. The Morgan fingerprint density at radius 2 is 1.94 bits per heavy atom. The lowest BCUT2D eigenvalue weighted by Crippen LogP contribution is -2.32. The number of hydrogen-bond donors (Lipinski definition) is 1. The molecule has 1 aromatic rings. The van der Waals surface area contributed by atoms with Gasteiger partial charge in [0.2, 0.25) is 0 Å². The minimum Gasteiger partial charge on any atom is -0.315 e. The summed E-state index contributed by atoms with van der Waals surface area (Å²) in [5.41, 5.74) is 2.06. The summed E-state index contributed by atoms with van der Waals surface area (Å²) in [6.07, 6.45) is 0. The molecule has 0 fully saturated rings. The largest absolute Gasteiger partial charge is 0.315 e. The maximum atomic E-state index is 12.2. The third-order valence-electron chi connectivity index (χ3n) is 2.70. The first-order valence-electron chi connectivity index (χ1n) is 5.79. The van der Waals surface area contributed by atoms with Crippen molar-refractivity contribution in [1.29, 1.82) is 0 Å². The van der Waals surface area contributed by atoms with Crippen LogP contribution in [-0.4, -0.2) is 11.6 Å². The number of nitrogens with zero attached hydrogens (tertiary/aromatic N) is 1. The van der Waals surface area contributed by atoms with E-state index in [9.17, 15) is 4.79 Å². The molecule has 0 aromatic carbocycles. The van der Waals surface area contributed by atoms with Gasteiger partial charge in [0.05, 0.1) is 0 Å². The zero-order valence-electron chi connectivity index (χ0n) is 10.9. The normalized spacial score (nSPS) is 11.8. The van der Waals surface area contributed by atoms with Crippen LogP contribution in [0, 0.1) is 0 Å². The Morgan fingerprint density at radius 1 is 1.31 bits per heavy atom. The van der Waals surface area contributed by atoms with Gasteiger partial charge in [-0.25, -0.2) is 0 Å². The van der Waals surface area contributed by atoms with Crippen LogP contribution in [0.2, 0.25) is 0 Å². The van der Waals surface area contributed by atoms with Crippen molar-refractivity contribution in [2.45, 2.75) is 46.2 Å². The highest BCUT2D eigenvalue weighted by Crippen LogP contribution is 2.20. The van der Waals surface area contributed by atoms with Crippen LogP contribution in [0.25, 0.3) is 0 Å². The second-order valence-electron chi connectivity index (χ2n) is 5.07. The predicted octanol–water partition coefficient (Wildman–Crippen LogP) is 1.89. The van der Waals surface area contributed by atoms with Crippen molar-refractivity contribution in [2.75, 3.05) is 7.05 Å². The summed E-state index contributed by atoms with van der Waals surface area (Å²) in [4.78, 5) is 12.2. The van der Waals surface area contributed by atoms with Crippen LogP contribution in [0.15, 0.2) is 16.9 Å². The van der Waals surface area contributed by atoms with Crippen molar-refractivity contribution < 1.29 is 0 Å². The van der Waals surface area contributed by atoms with Crippen LogP contribution in [-0.2, 0) is 18.5 Å². The van der Waals surface area contributed by atoms with E-state index in [1.165, 1.54) is 0 Å². The van der Waals surface area contributed by atoms with E-state index in [0.717, 1.165) is 17.8 Å². The van der Waals surface area contributed by atoms with Gasteiger partial charge in [-0.05, 0) is 20.0 Å². The number of aromatic nitrogens is 1. The first-order valence-corrected chi connectivity index (χ1v) is 5.79. The van der Waals surface area contributed by atoms with Crippen LogP contribution >= 0.6 is 0 Å². The third-order valence-corrected chi connectivity index (χ3v) is 2.70. The maximum Gasteiger partial charge on any atom is 0.255 e. The van der Waals surface area contributed by atoms with E-state index in [1.54, 1.807) is 0 Å².